The van der Waals surface area contributed by atoms with Gasteiger partial charge < -0.3 is 5.32 Å². The molecule has 0 spiro atoms. The van der Waals surface area contributed by atoms with Crippen LogP contribution in [0.5, 0.6) is 0 Å². The van der Waals surface area contributed by atoms with Crippen LogP contribution in [0.15, 0.2) is 53.0 Å². The maximum absolute atomic E-state index is 12.9. The highest BCUT2D eigenvalue weighted by atomic mass is 79.9. The lowest BCUT2D eigenvalue weighted by molar-refractivity contribution is -0.137. The number of benzene rings is 2. The van der Waals surface area contributed by atoms with E-state index in [4.69, 9.17) is 0 Å². The SMILES string of the molecule is C[C@H](NC(=O)c1ccccc1C(F)(F)F)c1ccc(Br)cc1. The van der Waals surface area contributed by atoms with Crippen LogP contribution in [0.2, 0.25) is 0 Å². The van der Waals surface area contributed by atoms with Gasteiger partial charge in [-0.25, -0.2) is 0 Å². The van der Waals surface area contributed by atoms with Crippen molar-refractivity contribution in [1.82, 2.24) is 5.32 Å². The number of halogens is 4. The third kappa shape index (κ3) is 3.88. The van der Waals surface area contributed by atoms with E-state index in [1.165, 1.54) is 18.2 Å². The van der Waals surface area contributed by atoms with Crippen molar-refractivity contribution in [3.05, 3.63) is 69.7 Å². The van der Waals surface area contributed by atoms with E-state index in [1.807, 2.05) is 12.1 Å². The van der Waals surface area contributed by atoms with Gasteiger partial charge in [-0.15, -0.1) is 0 Å². The molecule has 0 aromatic heterocycles. The Morgan fingerprint density at radius 2 is 1.68 bits per heavy atom. The fraction of sp³-hybridized carbons (Fsp3) is 0.188. The van der Waals surface area contributed by atoms with Crippen LogP contribution in [0.25, 0.3) is 0 Å². The molecule has 0 heterocycles. The molecule has 2 nitrogen and oxygen atoms in total. The first-order valence-corrected chi connectivity index (χ1v) is 7.31. The summed E-state index contributed by atoms with van der Waals surface area (Å²) in [6, 6.07) is 11.6. The van der Waals surface area contributed by atoms with Gasteiger partial charge in [-0.3, -0.25) is 4.79 Å². The van der Waals surface area contributed by atoms with E-state index in [-0.39, 0.29) is 5.56 Å². The summed E-state index contributed by atoms with van der Waals surface area (Å²) in [6.07, 6.45) is -4.56. The highest BCUT2D eigenvalue weighted by Gasteiger charge is 2.35. The molecule has 0 aliphatic carbocycles. The molecule has 0 saturated carbocycles. The van der Waals surface area contributed by atoms with E-state index < -0.39 is 23.7 Å². The van der Waals surface area contributed by atoms with E-state index in [1.54, 1.807) is 19.1 Å². The van der Waals surface area contributed by atoms with E-state index in [0.29, 0.717) is 0 Å². The quantitative estimate of drug-likeness (QED) is 0.811. The molecule has 2 aromatic rings. The van der Waals surface area contributed by atoms with Gasteiger partial charge in [-0.1, -0.05) is 40.2 Å². The maximum Gasteiger partial charge on any atom is 0.417 e. The monoisotopic (exact) mass is 371 g/mol. The van der Waals surface area contributed by atoms with Crippen molar-refractivity contribution < 1.29 is 18.0 Å². The summed E-state index contributed by atoms with van der Waals surface area (Å²) >= 11 is 3.30. The van der Waals surface area contributed by atoms with Gasteiger partial charge in [-0.2, -0.15) is 13.2 Å². The van der Waals surface area contributed by atoms with E-state index in [9.17, 15) is 18.0 Å². The third-order valence-corrected chi connectivity index (χ3v) is 3.72. The van der Waals surface area contributed by atoms with Crippen LogP contribution in [-0.4, -0.2) is 5.91 Å². The van der Waals surface area contributed by atoms with Crippen molar-refractivity contribution in [1.29, 1.82) is 0 Å². The normalized spacial score (nSPS) is 12.8. The van der Waals surface area contributed by atoms with Gasteiger partial charge in [0.25, 0.3) is 5.91 Å². The summed E-state index contributed by atoms with van der Waals surface area (Å²) in [5.74, 6) is -0.747. The molecule has 0 unspecified atom stereocenters. The smallest absolute Gasteiger partial charge is 0.346 e. The largest absolute Gasteiger partial charge is 0.417 e. The van der Waals surface area contributed by atoms with Gasteiger partial charge in [-0.05, 0) is 36.8 Å². The summed E-state index contributed by atoms with van der Waals surface area (Å²) < 4.78 is 39.7. The lowest BCUT2D eigenvalue weighted by atomic mass is 10.0. The number of nitrogens with one attached hydrogen (secondary N) is 1. The molecule has 1 amide bonds. The Morgan fingerprint density at radius 1 is 1.09 bits per heavy atom. The van der Waals surface area contributed by atoms with Crippen LogP contribution in [0.4, 0.5) is 13.2 Å². The number of hydrogen-bond donors (Lipinski definition) is 1. The highest BCUT2D eigenvalue weighted by Crippen LogP contribution is 2.32. The van der Waals surface area contributed by atoms with Crippen molar-refractivity contribution in [3.63, 3.8) is 0 Å². The number of carbonyl (C=O) groups excluding carboxylic acids is 1. The molecule has 0 saturated heterocycles. The molecule has 1 atom stereocenters. The Kier molecular flexibility index (Phi) is 4.90. The second-order valence-electron chi connectivity index (χ2n) is 4.79. The lowest BCUT2D eigenvalue weighted by Gasteiger charge is -2.17. The molecule has 1 N–H and O–H groups in total. The maximum atomic E-state index is 12.9. The third-order valence-electron chi connectivity index (χ3n) is 3.19. The first-order chi connectivity index (χ1) is 10.3. The second-order valence-corrected chi connectivity index (χ2v) is 5.71. The van der Waals surface area contributed by atoms with Crippen molar-refractivity contribution in [2.75, 3.05) is 0 Å². The minimum atomic E-state index is -4.56. The predicted octanol–water partition coefficient (Wildman–Crippen LogP) is 4.96. The van der Waals surface area contributed by atoms with Gasteiger partial charge in [0.2, 0.25) is 0 Å². The van der Waals surface area contributed by atoms with Crippen LogP contribution in [0.1, 0.15) is 34.5 Å². The molecule has 0 radical (unpaired) electrons. The first kappa shape index (κ1) is 16.5. The molecule has 2 aromatic carbocycles. The zero-order chi connectivity index (χ0) is 16.3. The summed E-state index contributed by atoms with van der Waals surface area (Å²) in [5, 5.41) is 2.59. The molecule has 22 heavy (non-hydrogen) atoms. The molecule has 6 heteroatoms. The van der Waals surface area contributed by atoms with E-state index in [2.05, 4.69) is 21.2 Å². The summed E-state index contributed by atoms with van der Waals surface area (Å²) in [6.45, 7) is 1.72. The minimum absolute atomic E-state index is 0.376. The van der Waals surface area contributed by atoms with Crippen molar-refractivity contribution in [2.24, 2.45) is 0 Å². The topological polar surface area (TPSA) is 29.1 Å². The Balaban J connectivity index is 2.21. The average molecular weight is 372 g/mol. The number of alkyl halides is 3. The van der Waals surface area contributed by atoms with Crippen molar-refractivity contribution in [2.45, 2.75) is 19.1 Å². The van der Waals surface area contributed by atoms with Crippen LogP contribution in [-0.2, 0) is 6.18 Å². The fourth-order valence-electron chi connectivity index (χ4n) is 2.04. The minimum Gasteiger partial charge on any atom is -0.346 e. The van der Waals surface area contributed by atoms with Crippen LogP contribution >= 0.6 is 15.9 Å². The fourth-order valence-corrected chi connectivity index (χ4v) is 2.30. The molecule has 0 aliphatic rings. The van der Waals surface area contributed by atoms with Crippen LogP contribution in [0, 0.1) is 0 Å². The summed E-state index contributed by atoms with van der Waals surface area (Å²) in [5.41, 5.74) is -0.504. The van der Waals surface area contributed by atoms with Crippen LogP contribution in [0.3, 0.4) is 0 Å². The van der Waals surface area contributed by atoms with Gasteiger partial charge in [0.15, 0.2) is 0 Å². The summed E-state index contributed by atoms with van der Waals surface area (Å²) in [7, 11) is 0. The Hall–Kier alpha value is -1.82. The summed E-state index contributed by atoms with van der Waals surface area (Å²) in [4.78, 5) is 12.1. The second kappa shape index (κ2) is 6.52. The zero-order valence-electron chi connectivity index (χ0n) is 11.6. The standard InChI is InChI=1S/C16H13BrF3NO/c1-10(11-6-8-12(17)9-7-11)21-15(22)13-4-2-3-5-14(13)16(18,19)20/h2-10H,1H3,(H,21,22)/t10-/m0/s1. The number of carbonyl (C=O) groups is 1. The number of hydrogen-bond acceptors (Lipinski definition) is 1. The highest BCUT2D eigenvalue weighted by molar-refractivity contribution is 9.10. The average Bonchev–Trinajstić information content (AvgIpc) is 2.47. The lowest BCUT2D eigenvalue weighted by Crippen LogP contribution is -2.28. The molecule has 2 rings (SSSR count). The van der Waals surface area contributed by atoms with E-state index in [0.717, 1.165) is 16.1 Å². The van der Waals surface area contributed by atoms with Gasteiger partial charge in [0.05, 0.1) is 17.2 Å². The van der Waals surface area contributed by atoms with Crippen molar-refractivity contribution >= 4 is 21.8 Å². The van der Waals surface area contributed by atoms with Gasteiger partial charge >= 0.3 is 6.18 Å². The van der Waals surface area contributed by atoms with Gasteiger partial charge in [0, 0.05) is 4.47 Å². The van der Waals surface area contributed by atoms with Crippen molar-refractivity contribution in [3.8, 4) is 0 Å². The van der Waals surface area contributed by atoms with E-state index >= 15 is 0 Å². The zero-order valence-corrected chi connectivity index (χ0v) is 13.2. The Labute approximate surface area is 134 Å². The number of rotatable bonds is 3. The number of amides is 1. The molecule has 0 bridgehead atoms. The molecule has 116 valence electrons. The first-order valence-electron chi connectivity index (χ1n) is 6.51. The molecule has 0 fully saturated rings. The molecular formula is C16H13BrF3NO. The molecular weight excluding hydrogens is 359 g/mol. The van der Waals surface area contributed by atoms with Gasteiger partial charge in [0.1, 0.15) is 0 Å². The Morgan fingerprint density at radius 3 is 2.27 bits per heavy atom. The van der Waals surface area contributed by atoms with Crippen LogP contribution < -0.4 is 5.32 Å². The molecule has 0 aliphatic heterocycles. The predicted molar refractivity (Wildman–Crippen MR) is 81.5 cm³/mol. The Bertz CT molecular complexity index is 668.